The van der Waals surface area contributed by atoms with Crippen molar-refractivity contribution in [1.29, 1.82) is 0 Å². The lowest BCUT2D eigenvalue weighted by molar-refractivity contribution is -0.0498. The van der Waals surface area contributed by atoms with Gasteiger partial charge in [0.25, 0.3) is 0 Å². The molecule has 0 saturated carbocycles. The molecule has 2 amide bonds. The summed E-state index contributed by atoms with van der Waals surface area (Å²) in [5.74, 6) is 0.180. The van der Waals surface area contributed by atoms with Crippen LogP contribution in [-0.4, -0.2) is 30.4 Å². The Balaban J connectivity index is 2.37. The average molecular weight is 302 g/mol. The van der Waals surface area contributed by atoms with E-state index in [0.717, 1.165) is 0 Å². The molecule has 2 unspecified atom stereocenters. The van der Waals surface area contributed by atoms with Crippen molar-refractivity contribution in [2.24, 2.45) is 5.92 Å². The number of ether oxygens (including phenoxy) is 1. The Hall–Kier alpha value is -1.89. The van der Waals surface area contributed by atoms with Crippen LogP contribution in [0, 0.1) is 5.92 Å². The fourth-order valence-electron chi connectivity index (χ4n) is 1.83. The molecule has 1 rings (SSSR count). The molecule has 0 saturated heterocycles. The molecular weight excluding hydrogens is 282 g/mol. The topological polar surface area (TPSA) is 70.6 Å². The molecule has 7 heteroatoms. The van der Waals surface area contributed by atoms with Gasteiger partial charge >= 0.3 is 12.6 Å². The first-order valence-corrected chi connectivity index (χ1v) is 6.64. The van der Waals surface area contributed by atoms with Crippen molar-refractivity contribution < 1.29 is 23.4 Å². The van der Waals surface area contributed by atoms with Crippen molar-refractivity contribution in [2.75, 3.05) is 11.9 Å². The molecule has 0 aliphatic rings. The van der Waals surface area contributed by atoms with E-state index in [-0.39, 0.29) is 11.7 Å². The zero-order chi connectivity index (χ0) is 15.8. The van der Waals surface area contributed by atoms with E-state index in [1.807, 2.05) is 6.92 Å². The minimum atomic E-state index is -2.87. The Bertz CT molecular complexity index is 438. The predicted molar refractivity (Wildman–Crippen MR) is 75.6 cm³/mol. The van der Waals surface area contributed by atoms with Gasteiger partial charge in [-0.25, -0.2) is 4.79 Å². The molecule has 0 heterocycles. The molecule has 0 fully saturated rings. The summed E-state index contributed by atoms with van der Waals surface area (Å²) >= 11 is 0. The lowest BCUT2D eigenvalue weighted by Gasteiger charge is -2.14. The second-order valence-electron chi connectivity index (χ2n) is 4.93. The van der Waals surface area contributed by atoms with E-state index in [2.05, 4.69) is 15.4 Å². The SMILES string of the molecule is CC(O)CC(C)CNC(=O)Nc1ccc(OC(F)F)cc1. The minimum absolute atomic E-state index is 0.0292. The number of hydrogen-bond donors (Lipinski definition) is 3. The van der Waals surface area contributed by atoms with Gasteiger partial charge in [-0.3, -0.25) is 0 Å². The highest BCUT2D eigenvalue weighted by Gasteiger charge is 2.09. The van der Waals surface area contributed by atoms with Crippen molar-refractivity contribution in [1.82, 2.24) is 5.32 Å². The number of aliphatic hydroxyl groups excluding tert-OH is 1. The molecule has 0 aliphatic carbocycles. The van der Waals surface area contributed by atoms with E-state index in [0.29, 0.717) is 18.7 Å². The number of carbonyl (C=O) groups is 1. The summed E-state index contributed by atoms with van der Waals surface area (Å²) in [6.07, 6.45) is 0.187. The number of rotatable bonds is 7. The number of nitrogens with one attached hydrogen (secondary N) is 2. The Morgan fingerprint density at radius 3 is 2.43 bits per heavy atom. The normalized spacial score (nSPS) is 13.6. The summed E-state index contributed by atoms with van der Waals surface area (Å²) in [7, 11) is 0. The second-order valence-corrected chi connectivity index (χ2v) is 4.93. The monoisotopic (exact) mass is 302 g/mol. The first kappa shape index (κ1) is 17.2. The number of hydrogen-bond acceptors (Lipinski definition) is 3. The van der Waals surface area contributed by atoms with E-state index in [4.69, 9.17) is 0 Å². The first-order chi connectivity index (χ1) is 9.86. The molecular formula is C14H20F2N2O3. The van der Waals surface area contributed by atoms with Gasteiger partial charge in [-0.2, -0.15) is 8.78 Å². The minimum Gasteiger partial charge on any atom is -0.435 e. The van der Waals surface area contributed by atoms with E-state index in [9.17, 15) is 18.7 Å². The summed E-state index contributed by atoms with van der Waals surface area (Å²) < 4.78 is 28.2. The van der Waals surface area contributed by atoms with Crippen molar-refractivity contribution in [3.63, 3.8) is 0 Å². The highest BCUT2D eigenvalue weighted by atomic mass is 19.3. The van der Waals surface area contributed by atoms with Gasteiger partial charge in [0.2, 0.25) is 0 Å². The molecule has 1 aromatic rings. The second kappa shape index (κ2) is 8.41. The Labute approximate surface area is 122 Å². The summed E-state index contributed by atoms with van der Waals surface area (Å²) in [5.41, 5.74) is 0.470. The van der Waals surface area contributed by atoms with Crippen LogP contribution in [0.15, 0.2) is 24.3 Å². The fourth-order valence-corrected chi connectivity index (χ4v) is 1.83. The van der Waals surface area contributed by atoms with Gasteiger partial charge in [0.1, 0.15) is 5.75 Å². The molecule has 1 aromatic carbocycles. The van der Waals surface area contributed by atoms with Crippen LogP contribution in [0.2, 0.25) is 0 Å². The van der Waals surface area contributed by atoms with Gasteiger partial charge in [-0.15, -0.1) is 0 Å². The highest BCUT2D eigenvalue weighted by Crippen LogP contribution is 2.17. The van der Waals surface area contributed by atoms with Crippen LogP contribution in [-0.2, 0) is 0 Å². The smallest absolute Gasteiger partial charge is 0.387 e. The summed E-state index contributed by atoms with van der Waals surface area (Å²) in [6, 6.07) is 5.23. The number of amides is 2. The third kappa shape index (κ3) is 7.45. The Morgan fingerprint density at radius 2 is 1.90 bits per heavy atom. The largest absolute Gasteiger partial charge is 0.435 e. The molecule has 0 aromatic heterocycles. The van der Waals surface area contributed by atoms with E-state index in [1.54, 1.807) is 6.92 Å². The van der Waals surface area contributed by atoms with E-state index < -0.39 is 18.7 Å². The Morgan fingerprint density at radius 1 is 1.29 bits per heavy atom. The van der Waals surface area contributed by atoms with Crippen LogP contribution in [0.1, 0.15) is 20.3 Å². The number of benzene rings is 1. The molecule has 5 nitrogen and oxygen atoms in total. The van der Waals surface area contributed by atoms with Gasteiger partial charge in [0.05, 0.1) is 6.10 Å². The van der Waals surface area contributed by atoms with E-state index >= 15 is 0 Å². The third-order valence-corrected chi connectivity index (χ3v) is 2.69. The molecule has 3 N–H and O–H groups in total. The number of aliphatic hydroxyl groups is 1. The fraction of sp³-hybridized carbons (Fsp3) is 0.500. The van der Waals surface area contributed by atoms with Crippen LogP contribution in [0.25, 0.3) is 0 Å². The molecule has 118 valence electrons. The highest BCUT2D eigenvalue weighted by molar-refractivity contribution is 5.89. The first-order valence-electron chi connectivity index (χ1n) is 6.64. The van der Waals surface area contributed by atoms with Crippen molar-refractivity contribution in [2.45, 2.75) is 33.0 Å². The average Bonchev–Trinajstić information content (AvgIpc) is 2.37. The summed E-state index contributed by atoms with van der Waals surface area (Å²) in [5, 5.41) is 14.5. The van der Waals surface area contributed by atoms with Crippen molar-refractivity contribution in [3.05, 3.63) is 24.3 Å². The number of halogens is 2. The predicted octanol–water partition coefficient (Wildman–Crippen LogP) is 2.82. The maximum Gasteiger partial charge on any atom is 0.387 e. The summed E-state index contributed by atoms with van der Waals surface area (Å²) in [6.45, 7) is 1.18. The van der Waals surface area contributed by atoms with Gasteiger partial charge in [-0.1, -0.05) is 6.92 Å². The zero-order valence-corrected chi connectivity index (χ0v) is 12.0. The summed E-state index contributed by atoms with van der Waals surface area (Å²) in [4.78, 5) is 11.6. The van der Waals surface area contributed by atoms with Crippen LogP contribution < -0.4 is 15.4 Å². The van der Waals surface area contributed by atoms with Crippen LogP contribution in [0.5, 0.6) is 5.75 Å². The molecule has 0 bridgehead atoms. The number of urea groups is 1. The lowest BCUT2D eigenvalue weighted by atomic mass is 10.1. The maximum atomic E-state index is 12.0. The van der Waals surface area contributed by atoms with Gasteiger partial charge in [0.15, 0.2) is 0 Å². The zero-order valence-electron chi connectivity index (χ0n) is 12.0. The number of alkyl halides is 2. The molecule has 21 heavy (non-hydrogen) atoms. The van der Waals surface area contributed by atoms with Gasteiger partial charge in [0, 0.05) is 12.2 Å². The molecule has 0 spiro atoms. The van der Waals surface area contributed by atoms with E-state index in [1.165, 1.54) is 24.3 Å². The number of carbonyl (C=O) groups excluding carboxylic acids is 1. The third-order valence-electron chi connectivity index (χ3n) is 2.69. The lowest BCUT2D eigenvalue weighted by Crippen LogP contribution is -2.33. The van der Waals surface area contributed by atoms with Crippen molar-refractivity contribution in [3.8, 4) is 5.75 Å². The number of anilines is 1. The Kier molecular flexibility index (Phi) is 6.87. The van der Waals surface area contributed by atoms with Crippen molar-refractivity contribution >= 4 is 11.7 Å². The molecule has 2 atom stereocenters. The molecule has 0 radical (unpaired) electrons. The van der Waals surface area contributed by atoms with Crippen LogP contribution in [0.4, 0.5) is 19.3 Å². The quantitative estimate of drug-likeness (QED) is 0.725. The van der Waals surface area contributed by atoms with Crippen LogP contribution in [0.3, 0.4) is 0 Å². The molecule has 0 aliphatic heterocycles. The van der Waals surface area contributed by atoms with Gasteiger partial charge < -0.3 is 20.5 Å². The maximum absolute atomic E-state index is 12.0. The van der Waals surface area contributed by atoms with Crippen LogP contribution >= 0.6 is 0 Å². The van der Waals surface area contributed by atoms with Gasteiger partial charge in [-0.05, 0) is 43.5 Å². The standard InChI is InChI=1S/C14H20F2N2O3/c1-9(7-10(2)19)8-17-14(20)18-11-3-5-12(6-4-11)21-13(15)16/h3-6,9-10,13,19H,7-8H2,1-2H3,(H2,17,18,20).